The van der Waals surface area contributed by atoms with Gasteiger partial charge in [-0.1, -0.05) is 0 Å². The Hall–Kier alpha value is -0.250. The first-order chi connectivity index (χ1) is 5.18. The number of anilines is 1. The second-order valence-corrected chi connectivity index (χ2v) is 2.23. The van der Waals surface area contributed by atoms with Crippen molar-refractivity contribution in [1.82, 2.24) is 0 Å². The molecule has 0 aliphatic rings. The Morgan fingerprint density at radius 2 is 1.92 bits per heavy atom. The Morgan fingerprint density at radius 3 is 2.33 bits per heavy atom. The van der Waals surface area contributed by atoms with Crippen LogP contribution in [0.4, 0.5) is 5.69 Å². The number of hydrogen-bond donors (Lipinski definition) is 2. The molecule has 3 nitrogen and oxygen atoms in total. The molecule has 0 radical (unpaired) electrons. The van der Waals surface area contributed by atoms with Crippen LogP contribution in [0.15, 0.2) is 24.3 Å². The third-order valence-electron chi connectivity index (χ3n) is 1.19. The Labute approximate surface area is 104 Å². The molecule has 2 N–H and O–H groups in total. The summed E-state index contributed by atoms with van der Waals surface area (Å²) >= 11 is 0. The average molecular weight is 193 g/mol. The number of carbonyl (C=O) groups is 1. The fourth-order valence-corrected chi connectivity index (χ4v) is 0.748. The molecule has 0 spiro atoms. The number of phenols is 1. The Bertz CT molecular complexity index is 267. The summed E-state index contributed by atoms with van der Waals surface area (Å²) in [4.78, 5) is 10.5. The van der Waals surface area contributed by atoms with Gasteiger partial charge in [0.15, 0.2) is 0 Å². The summed E-state index contributed by atoms with van der Waals surface area (Å²) in [5.74, 6) is 0.0785. The van der Waals surface area contributed by atoms with E-state index in [9.17, 15) is 4.79 Å². The molecule has 0 bridgehead atoms. The van der Waals surface area contributed by atoms with Crippen LogP contribution in [0.5, 0.6) is 5.75 Å². The summed E-state index contributed by atoms with van der Waals surface area (Å²) in [7, 11) is 0. The maximum Gasteiger partial charge on any atom is 2.00 e. The molecule has 4 heteroatoms. The molecule has 1 aromatic rings. The molecule has 1 aromatic carbocycles. The number of phenolic OH excluding ortho intramolecular Hbond substituents is 1. The number of nitrogens with one attached hydrogen (secondary N) is 1. The number of rotatable bonds is 1. The van der Waals surface area contributed by atoms with E-state index < -0.39 is 0 Å². The zero-order chi connectivity index (χ0) is 8.27. The molecule has 1 amide bonds. The average Bonchev–Trinajstić information content (AvgIpc) is 1.93. The number of hydrogen-bond acceptors (Lipinski definition) is 2. The normalized spacial score (nSPS) is 8.42. The van der Waals surface area contributed by atoms with Crippen LogP contribution in [-0.4, -0.2) is 48.8 Å². The van der Waals surface area contributed by atoms with Gasteiger partial charge in [-0.2, -0.15) is 0 Å². The largest absolute Gasteiger partial charge is 2.00 e. The van der Waals surface area contributed by atoms with Crippen molar-refractivity contribution < 1.29 is 12.8 Å². The molecule has 0 aliphatic carbocycles. The van der Waals surface area contributed by atoms with Gasteiger partial charge in [0.05, 0.1) is 0 Å². The van der Waals surface area contributed by atoms with E-state index in [1.165, 1.54) is 19.1 Å². The van der Waals surface area contributed by atoms with Gasteiger partial charge >= 0.3 is 37.7 Å². The predicted octanol–water partition coefficient (Wildman–Crippen LogP) is 1.19. The fourth-order valence-electron chi connectivity index (χ4n) is 0.748. The van der Waals surface area contributed by atoms with E-state index >= 15 is 0 Å². The van der Waals surface area contributed by atoms with Crippen molar-refractivity contribution >= 4 is 49.3 Å². The van der Waals surface area contributed by atoms with Gasteiger partial charge < -0.3 is 13.3 Å². The van der Waals surface area contributed by atoms with E-state index in [2.05, 4.69) is 5.32 Å². The van der Waals surface area contributed by atoms with Gasteiger partial charge in [-0.15, -0.1) is 0 Å². The molecule has 0 heterocycles. The molecule has 0 aliphatic heterocycles. The van der Waals surface area contributed by atoms with Crippen molar-refractivity contribution in [3.8, 4) is 5.75 Å². The topological polar surface area (TPSA) is 49.3 Å². The van der Waals surface area contributed by atoms with E-state index in [0.717, 1.165) is 0 Å². The first-order valence-electron chi connectivity index (χ1n) is 3.25. The molecule has 0 atom stereocenters. The Balaban J connectivity index is -0.000000403. The monoisotopic (exact) mass is 193 g/mol. The summed E-state index contributed by atoms with van der Waals surface area (Å²) in [6.07, 6.45) is 0. The van der Waals surface area contributed by atoms with Crippen molar-refractivity contribution in [1.29, 1.82) is 0 Å². The molecule has 0 saturated heterocycles. The van der Waals surface area contributed by atoms with Crippen LogP contribution in [-0.2, 0) is 4.79 Å². The van der Waals surface area contributed by atoms with Gasteiger partial charge in [0.25, 0.3) is 0 Å². The first kappa shape index (κ1) is 11.7. The number of aromatic hydroxyl groups is 1. The summed E-state index contributed by atoms with van der Waals surface area (Å²) in [5.41, 5.74) is 0.690. The molecule has 0 fully saturated rings. The number of benzene rings is 1. The van der Waals surface area contributed by atoms with E-state index in [4.69, 9.17) is 5.11 Å². The van der Waals surface area contributed by atoms with Gasteiger partial charge in [-0.05, 0) is 24.3 Å². The van der Waals surface area contributed by atoms with Crippen molar-refractivity contribution in [2.45, 2.75) is 6.92 Å². The van der Waals surface area contributed by atoms with Gasteiger partial charge in [-0.25, -0.2) is 0 Å². The minimum atomic E-state index is -0.115. The van der Waals surface area contributed by atoms with Gasteiger partial charge in [-0.3, -0.25) is 4.79 Å². The summed E-state index contributed by atoms with van der Waals surface area (Å²) in [6, 6.07) is 6.31. The van der Waals surface area contributed by atoms with Crippen molar-refractivity contribution in [3.05, 3.63) is 24.3 Å². The van der Waals surface area contributed by atoms with Crippen molar-refractivity contribution in [2.24, 2.45) is 0 Å². The Morgan fingerprint density at radius 1 is 1.42 bits per heavy atom. The minimum absolute atomic E-state index is 0. The van der Waals surface area contributed by atoms with Crippen LogP contribution in [0.1, 0.15) is 9.78 Å². The zero-order valence-corrected chi connectivity index (χ0v) is 9.08. The fraction of sp³-hybridized carbons (Fsp3) is 0.125. The van der Waals surface area contributed by atoms with Gasteiger partial charge in [0.1, 0.15) is 5.75 Å². The second-order valence-electron chi connectivity index (χ2n) is 2.23. The molecule has 0 aromatic heterocycles. The summed E-state index contributed by atoms with van der Waals surface area (Å²) in [6.45, 7) is 1.44. The molecular weight excluding hydrogens is 182 g/mol. The quantitative estimate of drug-likeness (QED) is 0.520. The molecule has 62 valence electrons. The summed E-state index contributed by atoms with van der Waals surface area (Å²) < 4.78 is 0. The maximum atomic E-state index is 10.5. The molecule has 1 rings (SSSR count). The third-order valence-corrected chi connectivity index (χ3v) is 1.19. The van der Waals surface area contributed by atoms with Crippen LogP contribution in [0.25, 0.3) is 0 Å². The maximum absolute atomic E-state index is 10.5. The Kier molecular flexibility index (Phi) is 5.29. The molecular formula is C8H11CaNO2. The van der Waals surface area contributed by atoms with Crippen molar-refractivity contribution in [3.63, 3.8) is 0 Å². The van der Waals surface area contributed by atoms with Crippen LogP contribution in [0, 0.1) is 0 Å². The summed E-state index contributed by atoms with van der Waals surface area (Å²) in [5, 5.41) is 11.5. The number of amides is 1. The van der Waals surface area contributed by atoms with E-state index in [0.29, 0.717) is 5.69 Å². The van der Waals surface area contributed by atoms with Crippen LogP contribution in [0.2, 0.25) is 0 Å². The van der Waals surface area contributed by atoms with Gasteiger partial charge in [0.2, 0.25) is 5.91 Å². The molecule has 12 heavy (non-hydrogen) atoms. The third kappa shape index (κ3) is 3.95. The second kappa shape index (κ2) is 5.40. The SMILES string of the molecule is CC(=O)Nc1ccc(O)cc1.[Ca+2].[H-].[H-]. The van der Waals surface area contributed by atoms with Crippen LogP contribution in [0.3, 0.4) is 0 Å². The molecule has 0 saturated carbocycles. The number of carbonyl (C=O) groups excluding carboxylic acids is 1. The van der Waals surface area contributed by atoms with Crippen LogP contribution >= 0.6 is 0 Å². The van der Waals surface area contributed by atoms with Crippen LogP contribution < -0.4 is 5.32 Å². The zero-order valence-electron chi connectivity index (χ0n) is 8.87. The van der Waals surface area contributed by atoms with E-state index in [1.54, 1.807) is 12.1 Å². The van der Waals surface area contributed by atoms with E-state index in [1.807, 2.05) is 0 Å². The minimum Gasteiger partial charge on any atom is -1.00 e. The van der Waals surface area contributed by atoms with Gasteiger partial charge in [0, 0.05) is 12.6 Å². The predicted molar refractivity (Wildman–Crippen MR) is 50.4 cm³/mol. The van der Waals surface area contributed by atoms with Crippen molar-refractivity contribution in [2.75, 3.05) is 5.32 Å². The standard InChI is InChI=1S/C8H9NO2.Ca.2H/c1-6(10)9-7-2-4-8(11)5-3-7;;;/h2-5,11H,1H3,(H,9,10);;;/q;+2;2*-1. The molecule has 0 unspecified atom stereocenters. The van der Waals surface area contributed by atoms with E-state index in [-0.39, 0.29) is 52.2 Å². The first-order valence-corrected chi connectivity index (χ1v) is 3.25. The smallest absolute Gasteiger partial charge is 1.00 e.